The van der Waals surface area contributed by atoms with Crippen molar-refractivity contribution in [2.24, 2.45) is 5.41 Å². The standard InChI is InChI=1S/C19H32.C18H31N/c1-17(2,3)13-14-10-15(18(4,5)6)12-16(11-14)19(7,8)9;1-16(2,3)14-10-12-15(13-11-14)19(17(4,5)6)18(7,8)9/h10-12H,13H2,1-9H3;10-13H,1-9H3. The highest BCUT2D eigenvalue weighted by molar-refractivity contribution is 5.52. The quantitative estimate of drug-likeness (QED) is 0.380. The van der Waals surface area contributed by atoms with Gasteiger partial charge in [-0.05, 0) is 104 Å². The molecule has 0 heterocycles. The Morgan fingerprint density at radius 1 is 0.447 bits per heavy atom. The number of anilines is 1. The van der Waals surface area contributed by atoms with Crippen molar-refractivity contribution in [1.29, 1.82) is 0 Å². The second-order valence-electron chi connectivity index (χ2n) is 17.6. The molecule has 0 aliphatic heterocycles. The highest BCUT2D eigenvalue weighted by Crippen LogP contribution is 2.34. The minimum absolute atomic E-state index is 0.113. The molecule has 0 saturated carbocycles. The van der Waals surface area contributed by atoms with Gasteiger partial charge in [-0.25, -0.2) is 0 Å². The highest BCUT2D eigenvalue weighted by atomic mass is 15.2. The van der Waals surface area contributed by atoms with Crippen molar-refractivity contribution in [2.45, 2.75) is 158 Å². The molecule has 0 atom stereocenters. The minimum Gasteiger partial charge on any atom is -0.362 e. The number of hydrogen-bond acceptors (Lipinski definition) is 1. The molecule has 0 amide bonds. The number of nitrogens with zero attached hydrogens (tertiary/aromatic N) is 1. The second kappa shape index (κ2) is 11.4. The first-order valence-corrected chi connectivity index (χ1v) is 14.7. The molecule has 2 aromatic rings. The van der Waals surface area contributed by atoms with Gasteiger partial charge in [0.15, 0.2) is 0 Å². The molecule has 0 fully saturated rings. The van der Waals surface area contributed by atoms with E-state index >= 15 is 0 Å². The van der Waals surface area contributed by atoms with Crippen LogP contribution in [0.25, 0.3) is 0 Å². The van der Waals surface area contributed by atoms with Crippen molar-refractivity contribution < 1.29 is 0 Å². The molecule has 216 valence electrons. The largest absolute Gasteiger partial charge is 0.362 e. The number of hydrogen-bond donors (Lipinski definition) is 0. The maximum atomic E-state index is 2.49. The minimum atomic E-state index is 0.113. The molecule has 0 saturated heterocycles. The smallest absolute Gasteiger partial charge is 0.0375 e. The maximum Gasteiger partial charge on any atom is 0.0375 e. The molecule has 2 rings (SSSR count). The molecule has 0 aliphatic rings. The Hall–Kier alpha value is -1.76. The Labute approximate surface area is 238 Å². The fraction of sp³-hybridized carbons (Fsp3) is 0.676. The fourth-order valence-corrected chi connectivity index (χ4v) is 5.16. The predicted molar refractivity (Wildman–Crippen MR) is 174 cm³/mol. The second-order valence-corrected chi connectivity index (χ2v) is 17.6. The third-order valence-corrected chi connectivity index (χ3v) is 6.79. The topological polar surface area (TPSA) is 3.24 Å². The normalized spacial score (nSPS) is 13.6. The molecular weight excluding hydrogens is 458 g/mol. The van der Waals surface area contributed by atoms with Gasteiger partial charge in [0.1, 0.15) is 0 Å². The molecule has 38 heavy (non-hydrogen) atoms. The van der Waals surface area contributed by atoms with Crippen molar-refractivity contribution in [3.63, 3.8) is 0 Å². The van der Waals surface area contributed by atoms with Crippen LogP contribution in [-0.2, 0) is 22.7 Å². The van der Waals surface area contributed by atoms with Crippen LogP contribution in [0, 0.1) is 5.41 Å². The molecule has 0 unspecified atom stereocenters. The van der Waals surface area contributed by atoms with E-state index in [1.165, 1.54) is 27.9 Å². The van der Waals surface area contributed by atoms with E-state index < -0.39 is 0 Å². The van der Waals surface area contributed by atoms with E-state index in [2.05, 4.69) is 172 Å². The molecular formula is C37H63N. The SMILES string of the molecule is CC(C)(C)Cc1cc(C(C)(C)C)cc(C(C)(C)C)c1.CC(C)(C)c1ccc(N(C(C)(C)C)C(C)(C)C)cc1. The monoisotopic (exact) mass is 521 g/mol. The van der Waals surface area contributed by atoms with Crippen LogP contribution in [0.2, 0.25) is 0 Å². The van der Waals surface area contributed by atoms with E-state index in [-0.39, 0.29) is 27.3 Å². The summed E-state index contributed by atoms with van der Waals surface area (Å²) in [4.78, 5) is 2.49. The maximum absolute atomic E-state index is 2.49. The first kappa shape index (κ1) is 34.3. The summed E-state index contributed by atoms with van der Waals surface area (Å²) in [5.41, 5.74) is 8.29. The summed E-state index contributed by atoms with van der Waals surface area (Å²) in [6.07, 6.45) is 1.14. The van der Waals surface area contributed by atoms with Gasteiger partial charge in [-0.3, -0.25) is 0 Å². The van der Waals surface area contributed by atoms with Gasteiger partial charge in [0.05, 0.1) is 0 Å². The van der Waals surface area contributed by atoms with Gasteiger partial charge in [-0.15, -0.1) is 0 Å². The zero-order valence-corrected chi connectivity index (χ0v) is 28.7. The number of benzene rings is 2. The molecule has 1 nitrogen and oxygen atoms in total. The van der Waals surface area contributed by atoms with E-state index in [1.54, 1.807) is 0 Å². The predicted octanol–water partition coefficient (Wildman–Crippen LogP) is 11.3. The van der Waals surface area contributed by atoms with E-state index in [0.29, 0.717) is 5.41 Å². The van der Waals surface area contributed by atoms with Crippen LogP contribution in [0.4, 0.5) is 5.69 Å². The fourth-order valence-electron chi connectivity index (χ4n) is 5.16. The van der Waals surface area contributed by atoms with Crippen LogP contribution < -0.4 is 4.90 Å². The Balaban J connectivity index is 0.000000380. The van der Waals surface area contributed by atoms with Crippen molar-refractivity contribution in [3.8, 4) is 0 Å². The summed E-state index contributed by atoms with van der Waals surface area (Å²) in [7, 11) is 0. The Morgan fingerprint density at radius 2 is 0.789 bits per heavy atom. The molecule has 0 aliphatic carbocycles. The van der Waals surface area contributed by atoms with E-state index in [9.17, 15) is 0 Å². The van der Waals surface area contributed by atoms with E-state index in [1.807, 2.05) is 0 Å². The van der Waals surface area contributed by atoms with Crippen molar-refractivity contribution >= 4 is 5.69 Å². The summed E-state index contributed by atoms with van der Waals surface area (Å²) in [5.74, 6) is 0. The lowest BCUT2D eigenvalue weighted by molar-refractivity contribution is 0.380. The molecule has 0 radical (unpaired) electrons. The van der Waals surface area contributed by atoms with Crippen molar-refractivity contribution in [3.05, 3.63) is 64.7 Å². The lowest BCUT2D eigenvalue weighted by Crippen LogP contribution is -2.53. The van der Waals surface area contributed by atoms with Gasteiger partial charge in [0, 0.05) is 16.8 Å². The van der Waals surface area contributed by atoms with Crippen LogP contribution >= 0.6 is 0 Å². The van der Waals surface area contributed by atoms with Crippen LogP contribution in [0.1, 0.15) is 147 Å². The van der Waals surface area contributed by atoms with Crippen LogP contribution in [0.15, 0.2) is 42.5 Å². The molecule has 0 spiro atoms. The zero-order chi connectivity index (χ0) is 30.1. The average molecular weight is 522 g/mol. The third kappa shape index (κ3) is 10.8. The van der Waals surface area contributed by atoms with Crippen molar-refractivity contribution in [1.82, 2.24) is 0 Å². The Bertz CT molecular complexity index is 965. The molecule has 0 N–H and O–H groups in total. The lowest BCUT2D eigenvalue weighted by atomic mass is 9.77. The molecule has 1 heteroatoms. The van der Waals surface area contributed by atoms with Crippen LogP contribution in [0.3, 0.4) is 0 Å². The van der Waals surface area contributed by atoms with Crippen LogP contribution in [0.5, 0.6) is 0 Å². The third-order valence-electron chi connectivity index (χ3n) is 6.79. The molecule has 0 bridgehead atoms. The van der Waals surface area contributed by atoms with Gasteiger partial charge in [0.2, 0.25) is 0 Å². The van der Waals surface area contributed by atoms with Crippen molar-refractivity contribution in [2.75, 3.05) is 4.90 Å². The van der Waals surface area contributed by atoms with E-state index in [0.717, 1.165) is 6.42 Å². The van der Waals surface area contributed by atoms with Gasteiger partial charge in [-0.2, -0.15) is 0 Å². The summed E-state index contributed by atoms with van der Waals surface area (Å²) in [6, 6.07) is 16.3. The van der Waals surface area contributed by atoms with Crippen LogP contribution in [-0.4, -0.2) is 11.1 Å². The zero-order valence-electron chi connectivity index (χ0n) is 28.7. The van der Waals surface area contributed by atoms with Gasteiger partial charge >= 0.3 is 0 Å². The Kier molecular flexibility index (Phi) is 10.3. The lowest BCUT2D eigenvalue weighted by Gasteiger charge is -2.47. The molecule has 0 aromatic heterocycles. The highest BCUT2D eigenvalue weighted by Gasteiger charge is 2.31. The first-order valence-electron chi connectivity index (χ1n) is 14.7. The summed E-state index contributed by atoms with van der Waals surface area (Å²) < 4.78 is 0. The summed E-state index contributed by atoms with van der Waals surface area (Å²) in [5, 5.41) is 0. The average Bonchev–Trinajstić information content (AvgIpc) is 2.63. The van der Waals surface area contributed by atoms with Gasteiger partial charge in [-0.1, -0.05) is 113 Å². The van der Waals surface area contributed by atoms with Gasteiger partial charge < -0.3 is 4.90 Å². The first-order chi connectivity index (χ1) is 16.6. The Morgan fingerprint density at radius 3 is 1.05 bits per heavy atom. The summed E-state index contributed by atoms with van der Waals surface area (Å²) >= 11 is 0. The van der Waals surface area contributed by atoms with E-state index in [4.69, 9.17) is 0 Å². The van der Waals surface area contributed by atoms with Gasteiger partial charge in [0.25, 0.3) is 0 Å². The summed E-state index contributed by atoms with van der Waals surface area (Å²) in [6.45, 7) is 41.2. The molecule has 2 aromatic carbocycles. The number of rotatable bonds is 2.